The maximum Gasteiger partial charge on any atom is 0.322 e. The fourth-order valence-corrected chi connectivity index (χ4v) is 4.54. The lowest BCUT2D eigenvalue weighted by atomic mass is 10.1. The van der Waals surface area contributed by atoms with Gasteiger partial charge in [0.1, 0.15) is 24.7 Å². The number of imidazole rings is 3. The summed E-state index contributed by atoms with van der Waals surface area (Å²) < 4.78 is 0. The van der Waals surface area contributed by atoms with E-state index in [1.165, 1.54) is 37.6 Å². The van der Waals surface area contributed by atoms with E-state index in [0.29, 0.717) is 17.1 Å². The van der Waals surface area contributed by atoms with Gasteiger partial charge in [0.2, 0.25) is 35.4 Å². The summed E-state index contributed by atoms with van der Waals surface area (Å²) in [5.74, 6) is -4.69. The van der Waals surface area contributed by atoms with Crippen LogP contribution < -0.4 is 37.6 Å². The van der Waals surface area contributed by atoms with Crippen molar-refractivity contribution >= 4 is 41.4 Å². The number of carbonyl (C=O) groups is 7. The predicted molar refractivity (Wildman–Crippen MR) is 172 cm³/mol. The molecule has 3 rings (SSSR count). The number of rotatable bonds is 22. The Bertz CT molecular complexity index is 1540. The third-order valence-electron chi connectivity index (χ3n) is 6.98. The molecule has 3 heterocycles. The Hall–Kier alpha value is -6.12. The maximum atomic E-state index is 13.1. The Balaban J connectivity index is 1.51. The van der Waals surface area contributed by atoms with Crippen molar-refractivity contribution in [1.82, 2.24) is 61.8 Å². The fourth-order valence-electron chi connectivity index (χ4n) is 4.54. The second-order valence-electron chi connectivity index (χ2n) is 10.9. The summed E-state index contributed by atoms with van der Waals surface area (Å²) in [5, 5.41) is 24.1. The number of aromatic amines is 3. The minimum atomic E-state index is -1.26. The van der Waals surface area contributed by atoms with Gasteiger partial charge in [-0.05, 0) is 0 Å². The van der Waals surface area contributed by atoms with Gasteiger partial charge in [0.15, 0.2) is 0 Å². The number of carboxylic acids is 1. The van der Waals surface area contributed by atoms with Gasteiger partial charge in [-0.25, -0.2) is 15.0 Å². The van der Waals surface area contributed by atoms with Crippen molar-refractivity contribution in [2.45, 2.75) is 56.7 Å². The summed E-state index contributed by atoms with van der Waals surface area (Å²) in [5.41, 5.74) is 7.11. The average Bonchev–Trinajstić information content (AvgIpc) is 3.88. The van der Waals surface area contributed by atoms with Crippen LogP contribution in [0, 0.1) is 0 Å². The molecule has 0 bridgehead atoms. The van der Waals surface area contributed by atoms with Crippen LogP contribution in [0.15, 0.2) is 37.6 Å². The topological polar surface area (TPSA) is 324 Å². The molecule has 0 aliphatic heterocycles. The highest BCUT2D eigenvalue weighted by molar-refractivity contribution is 5.91. The van der Waals surface area contributed by atoms with Gasteiger partial charge in [0.05, 0.1) is 19.0 Å². The number of carbonyl (C=O) groups excluding carboxylic acids is 6. The Morgan fingerprint density at radius 3 is 1.28 bits per heavy atom. The van der Waals surface area contributed by atoms with Crippen LogP contribution in [0.3, 0.4) is 0 Å². The van der Waals surface area contributed by atoms with Gasteiger partial charge in [0, 0.05) is 93.8 Å². The molecule has 0 fully saturated rings. The molecule has 3 aromatic heterocycles. The van der Waals surface area contributed by atoms with Crippen molar-refractivity contribution in [3.8, 4) is 0 Å². The van der Waals surface area contributed by atoms with Gasteiger partial charge >= 0.3 is 5.97 Å². The van der Waals surface area contributed by atoms with Crippen LogP contribution in [0.5, 0.6) is 0 Å². The summed E-state index contributed by atoms with van der Waals surface area (Å²) in [4.78, 5) is 107. The first-order valence-electron chi connectivity index (χ1n) is 15.6. The summed E-state index contributed by atoms with van der Waals surface area (Å²) in [6.45, 7) is -0.792. The van der Waals surface area contributed by atoms with Gasteiger partial charge in [0.25, 0.3) is 0 Å². The Kier molecular flexibility index (Phi) is 15.6. The largest absolute Gasteiger partial charge is 0.480 e. The highest BCUT2D eigenvalue weighted by Crippen LogP contribution is 2.03. The molecule has 0 spiro atoms. The van der Waals surface area contributed by atoms with Crippen LogP contribution in [-0.4, -0.2) is 121 Å². The Labute approximate surface area is 285 Å². The van der Waals surface area contributed by atoms with E-state index in [-0.39, 0.29) is 58.2 Å². The molecule has 0 radical (unpaired) electrons. The lowest BCUT2D eigenvalue weighted by molar-refractivity contribution is -0.138. The van der Waals surface area contributed by atoms with E-state index in [2.05, 4.69) is 61.8 Å². The molecule has 12 N–H and O–H groups in total. The first-order chi connectivity index (χ1) is 24.0. The predicted octanol–water partition coefficient (Wildman–Crippen LogP) is -4.10. The molecule has 50 heavy (non-hydrogen) atoms. The zero-order valence-electron chi connectivity index (χ0n) is 27.0. The van der Waals surface area contributed by atoms with Gasteiger partial charge in [-0.2, -0.15) is 0 Å². The molecule has 3 aromatic rings. The van der Waals surface area contributed by atoms with E-state index < -0.39 is 66.1 Å². The number of nitrogens with one attached hydrogen (secondary N) is 9. The minimum absolute atomic E-state index is 0.0100. The van der Waals surface area contributed by atoms with Gasteiger partial charge in [-0.3, -0.25) is 33.6 Å². The van der Waals surface area contributed by atoms with E-state index in [4.69, 9.17) is 10.8 Å². The molecule has 270 valence electrons. The van der Waals surface area contributed by atoms with Gasteiger partial charge in [-0.15, -0.1) is 0 Å². The number of amides is 6. The Morgan fingerprint density at radius 2 is 0.960 bits per heavy atom. The molecule has 0 saturated heterocycles. The smallest absolute Gasteiger partial charge is 0.322 e. The molecular weight excluding hydrogens is 658 g/mol. The number of carboxylic acid groups (broad SMARTS) is 1. The number of aliphatic carboxylic acids is 1. The number of aromatic nitrogens is 6. The summed E-state index contributed by atoms with van der Waals surface area (Å²) in [6.07, 6.45) is 8.44. The second kappa shape index (κ2) is 20.3. The third-order valence-corrected chi connectivity index (χ3v) is 6.98. The normalized spacial score (nSPS) is 12.5. The van der Waals surface area contributed by atoms with Crippen molar-refractivity contribution in [3.63, 3.8) is 0 Å². The van der Waals surface area contributed by atoms with Crippen molar-refractivity contribution in [2.75, 3.05) is 26.2 Å². The molecule has 6 amide bonds. The fraction of sp³-hybridized carbons (Fsp3) is 0.448. The van der Waals surface area contributed by atoms with E-state index in [1.54, 1.807) is 0 Å². The number of hydrogen-bond donors (Lipinski definition) is 11. The van der Waals surface area contributed by atoms with Crippen LogP contribution in [0.2, 0.25) is 0 Å². The molecular formula is C29H41N13O8. The van der Waals surface area contributed by atoms with Crippen molar-refractivity contribution in [3.05, 3.63) is 54.7 Å². The number of hydrogen-bond acceptors (Lipinski definition) is 11. The average molecular weight is 700 g/mol. The number of H-pyrrole nitrogens is 3. The van der Waals surface area contributed by atoms with Crippen molar-refractivity contribution in [2.24, 2.45) is 5.73 Å². The van der Waals surface area contributed by atoms with Crippen molar-refractivity contribution in [1.29, 1.82) is 0 Å². The summed E-state index contributed by atoms with van der Waals surface area (Å²) in [6, 6.07) is -3.15. The zero-order valence-corrected chi connectivity index (χ0v) is 27.0. The highest BCUT2D eigenvalue weighted by atomic mass is 16.4. The van der Waals surface area contributed by atoms with E-state index in [9.17, 15) is 33.6 Å². The SMILES string of the molecule is NCCC(=O)N[C@@H](Cc1cnc[nH]1)C(=O)NCCC(=O)N[C@@H](Cc1cnc[nH]1)C(=O)NCCC(=O)N[C@@H](Cc1cnc[nH]1)C(=O)NCC(=O)O. The highest BCUT2D eigenvalue weighted by Gasteiger charge is 2.25. The van der Waals surface area contributed by atoms with Crippen LogP contribution in [0.1, 0.15) is 36.3 Å². The molecule has 0 saturated carbocycles. The molecule has 21 heteroatoms. The first kappa shape index (κ1) is 38.3. The molecule has 3 atom stereocenters. The minimum Gasteiger partial charge on any atom is -0.480 e. The van der Waals surface area contributed by atoms with E-state index in [0.717, 1.165) is 0 Å². The number of nitrogens with two attached hydrogens (primary N) is 1. The maximum absolute atomic E-state index is 13.1. The lowest BCUT2D eigenvalue weighted by Gasteiger charge is -2.20. The van der Waals surface area contributed by atoms with Crippen LogP contribution in [0.25, 0.3) is 0 Å². The van der Waals surface area contributed by atoms with Crippen LogP contribution >= 0.6 is 0 Å². The summed E-state index contributed by atoms with van der Waals surface area (Å²) in [7, 11) is 0. The van der Waals surface area contributed by atoms with Crippen molar-refractivity contribution < 1.29 is 38.7 Å². The lowest BCUT2D eigenvalue weighted by Crippen LogP contribution is -2.51. The van der Waals surface area contributed by atoms with Crippen LogP contribution in [0.4, 0.5) is 0 Å². The third kappa shape index (κ3) is 13.9. The molecule has 0 aromatic carbocycles. The quantitative estimate of drug-likeness (QED) is 0.0477. The van der Waals surface area contributed by atoms with Crippen LogP contribution in [-0.2, 0) is 52.8 Å². The molecule has 0 aliphatic carbocycles. The molecule has 0 unspecified atom stereocenters. The second-order valence-corrected chi connectivity index (χ2v) is 10.9. The molecule has 0 aliphatic rings. The standard InChI is InChI=1S/C29H41N13O8/c30-4-1-23(43)40-20(7-17-10-31-14-37-17)27(48)34-5-2-24(44)41-21(8-18-11-32-15-38-18)28(49)35-6-3-25(45)42-22(9-19-12-33-16-39-19)29(50)36-13-26(46)47/h10-12,14-16,20-22H,1-9,13,30H2,(H,31,37)(H,32,38)(H,33,39)(H,34,48)(H,35,49)(H,36,50)(H,40,43)(H,41,44)(H,42,45)(H,46,47)/t20-,21-,22-/m0/s1. The van der Waals surface area contributed by atoms with Gasteiger partial charge < -0.3 is 57.7 Å². The van der Waals surface area contributed by atoms with E-state index in [1.807, 2.05) is 0 Å². The zero-order chi connectivity index (χ0) is 36.3. The number of nitrogens with zero attached hydrogens (tertiary/aromatic N) is 3. The van der Waals surface area contributed by atoms with Gasteiger partial charge in [-0.1, -0.05) is 0 Å². The monoisotopic (exact) mass is 699 g/mol. The Morgan fingerprint density at radius 1 is 0.600 bits per heavy atom. The first-order valence-corrected chi connectivity index (χ1v) is 15.6. The molecule has 21 nitrogen and oxygen atoms in total. The van der Waals surface area contributed by atoms with E-state index >= 15 is 0 Å². The summed E-state index contributed by atoms with van der Waals surface area (Å²) >= 11 is 0.